The maximum atomic E-state index is 11.6. The summed E-state index contributed by atoms with van der Waals surface area (Å²) in [5.41, 5.74) is 19.7. The summed E-state index contributed by atoms with van der Waals surface area (Å²) in [7, 11) is 0. The van der Waals surface area contributed by atoms with Gasteiger partial charge in [-0.05, 0) is 80.7 Å². The third-order valence-corrected chi connectivity index (χ3v) is 20.5. The van der Waals surface area contributed by atoms with Crippen LogP contribution in [0.2, 0.25) is 9.79 Å². The van der Waals surface area contributed by atoms with Crippen LogP contribution in [0.4, 0.5) is 0 Å². The second-order valence-corrected chi connectivity index (χ2v) is 28.8. The minimum absolute atomic E-state index is 0.896. The van der Waals surface area contributed by atoms with Crippen LogP contribution in [0.25, 0.3) is 16.9 Å². The van der Waals surface area contributed by atoms with E-state index in [4.69, 9.17) is 0 Å². The number of nitrogens with zero attached hydrogens (tertiary/aromatic N) is 2. The summed E-state index contributed by atoms with van der Waals surface area (Å²) in [5, 5.41) is 0. The van der Waals surface area contributed by atoms with E-state index in [2.05, 4.69) is 101 Å². The van der Waals surface area contributed by atoms with E-state index >= 15 is 0 Å². The van der Waals surface area contributed by atoms with Crippen molar-refractivity contribution in [2.24, 2.45) is 0 Å². The summed E-state index contributed by atoms with van der Waals surface area (Å²) in [5.74, 6) is 0. The molecule has 0 atom stereocenters. The Morgan fingerprint density at radius 1 is 0.329 bits per heavy atom. The SMILES string of the molecule is CCCCCCCCCCCCCCCCCCCCCCCCC=CCCc1ccccc1C1=C(CCCC)C=C(c2ccc(CCCC)cc2)[N+]1=[N-].CCCCCCCCCCCCCC[CH2][Pd][CH2]CCCCCCCCCCCCCC. The van der Waals surface area contributed by atoms with Gasteiger partial charge in [0.1, 0.15) is 0 Å². The Bertz CT molecular complexity index is 1810. The van der Waals surface area contributed by atoms with E-state index in [1.165, 1.54) is 354 Å². The van der Waals surface area contributed by atoms with Gasteiger partial charge in [-0.2, -0.15) is 0 Å². The summed E-state index contributed by atoms with van der Waals surface area (Å²) in [4.78, 5) is 3.09. The zero-order valence-corrected chi connectivity index (χ0v) is 59.3. The molecule has 3 heteroatoms. The number of unbranched alkanes of at least 4 members (excludes halogenated alkanes) is 48. The standard InChI is InChI=1S/C52H82N2.2C15H31.Pd/c1-4-7-10-11-12-13-14-15-16-17-18-19-20-21-22-23-24-25-26-27-28-29-30-31-32-33-38-47-39-34-35-40-50(47)52-49(37-9-6-3)45-51(54(52)53)48-43-41-46(42-44-48)36-8-5-2;2*1-3-5-7-9-11-13-15-14-12-10-8-6-4-2;/h31-32,34-35,39-45H,4-30,33,36-38H2,1-3H3;2*1,3-15H2,2H3;. The first kappa shape index (κ1) is 79.0. The van der Waals surface area contributed by atoms with Crippen molar-refractivity contribution in [3.63, 3.8) is 0 Å². The molecule has 0 amide bonds. The first-order chi connectivity index (χ1) is 42.1. The Labute approximate surface area is 541 Å². The molecule has 1 aliphatic rings. The zero-order chi connectivity index (χ0) is 60.8. The third-order valence-electron chi connectivity index (χ3n) is 18.3. The number of rotatable bonds is 62. The predicted octanol–water partition coefficient (Wildman–Crippen LogP) is 29.6. The zero-order valence-electron chi connectivity index (χ0n) is 57.8. The molecule has 2 aromatic carbocycles. The summed E-state index contributed by atoms with van der Waals surface area (Å²) >= 11 is 1.06. The number of benzene rings is 2. The first-order valence-corrected chi connectivity index (χ1v) is 40.5. The van der Waals surface area contributed by atoms with Crippen LogP contribution < -0.4 is 0 Å². The summed E-state index contributed by atoms with van der Waals surface area (Å²) < 4.78 is 1.47. The van der Waals surface area contributed by atoms with E-state index in [1.54, 1.807) is 9.79 Å². The van der Waals surface area contributed by atoms with Crippen molar-refractivity contribution in [3.05, 3.63) is 100 Å². The minimum atomic E-state index is 0.896. The molecule has 3 rings (SSSR count). The van der Waals surface area contributed by atoms with Crippen molar-refractivity contribution in [2.75, 3.05) is 0 Å². The molecule has 0 radical (unpaired) electrons. The van der Waals surface area contributed by atoms with Gasteiger partial charge in [0.15, 0.2) is 0 Å². The Balaban J connectivity index is 0.000000677. The number of allylic oxidation sites excluding steroid dienone is 4. The molecule has 0 N–H and O–H groups in total. The first-order valence-electron chi connectivity index (χ1n) is 38.3. The molecule has 0 saturated heterocycles. The molecular weight excluding hydrogens is 1120 g/mol. The van der Waals surface area contributed by atoms with Crippen LogP contribution >= 0.6 is 0 Å². The normalized spacial score (nSPS) is 12.6. The van der Waals surface area contributed by atoms with Gasteiger partial charge in [-0.1, -0.05) is 250 Å². The van der Waals surface area contributed by atoms with Gasteiger partial charge in [0.25, 0.3) is 0 Å². The van der Waals surface area contributed by atoms with Gasteiger partial charge in [-0.15, -0.1) is 0 Å². The van der Waals surface area contributed by atoms with Gasteiger partial charge in [0.2, 0.25) is 11.4 Å². The molecule has 85 heavy (non-hydrogen) atoms. The van der Waals surface area contributed by atoms with Crippen LogP contribution in [0, 0.1) is 0 Å². The molecule has 2 aromatic rings. The monoisotopic (exact) mass is 1260 g/mol. The molecular formula is C82H144N2Pd. The van der Waals surface area contributed by atoms with Crippen LogP contribution in [0.15, 0.2) is 72.3 Å². The molecule has 0 bridgehead atoms. The average Bonchev–Trinajstić information content (AvgIpc) is 4.01. The third kappa shape index (κ3) is 45.8. The van der Waals surface area contributed by atoms with Crippen molar-refractivity contribution in [1.82, 2.24) is 0 Å². The molecule has 2 nitrogen and oxygen atoms in total. The molecule has 0 spiro atoms. The summed E-state index contributed by atoms with van der Waals surface area (Å²) in [6, 6.07) is 17.5. The molecule has 492 valence electrons. The Kier molecular flexibility index (Phi) is 57.8. The number of hydrogen-bond donors (Lipinski definition) is 0. The molecule has 0 aromatic heterocycles. The van der Waals surface area contributed by atoms with Crippen molar-refractivity contribution >= 4 is 11.4 Å². The molecule has 1 aliphatic heterocycles. The second-order valence-electron chi connectivity index (χ2n) is 26.5. The van der Waals surface area contributed by atoms with E-state index in [9.17, 15) is 5.53 Å². The van der Waals surface area contributed by atoms with E-state index in [0.29, 0.717) is 0 Å². The van der Waals surface area contributed by atoms with E-state index in [-0.39, 0.29) is 0 Å². The second kappa shape index (κ2) is 62.1. The predicted molar refractivity (Wildman–Crippen MR) is 380 cm³/mol. The minimum Gasteiger partial charge on any atom is -0.0654 e. The van der Waals surface area contributed by atoms with E-state index in [0.717, 1.165) is 73.5 Å². The smallest absolute Gasteiger partial charge is 0.0654 e. The van der Waals surface area contributed by atoms with E-state index < -0.39 is 0 Å². The number of hydrogen-bond acceptors (Lipinski definition) is 0. The van der Waals surface area contributed by atoms with Gasteiger partial charge in [-0.25, -0.2) is 4.70 Å². The fraction of sp³-hybridized carbons (Fsp3) is 0.780. The van der Waals surface area contributed by atoms with Gasteiger partial charge in [-0.3, -0.25) is 0 Å². The Morgan fingerprint density at radius 3 is 1.05 bits per heavy atom. The summed E-state index contributed by atoms with van der Waals surface area (Å²) in [6.45, 7) is 11.4. The van der Waals surface area contributed by atoms with Crippen molar-refractivity contribution < 1.29 is 22.7 Å². The molecule has 0 saturated carbocycles. The number of aryl methyl sites for hydroxylation is 2. The molecule has 1 heterocycles. The van der Waals surface area contributed by atoms with Gasteiger partial charge in [0, 0.05) is 22.8 Å². The molecule has 0 unspecified atom stereocenters. The van der Waals surface area contributed by atoms with E-state index in [1.807, 2.05) is 0 Å². The van der Waals surface area contributed by atoms with Crippen molar-refractivity contribution in [1.29, 1.82) is 0 Å². The Morgan fingerprint density at radius 2 is 0.659 bits per heavy atom. The van der Waals surface area contributed by atoms with Crippen LogP contribution in [0.1, 0.15) is 410 Å². The van der Waals surface area contributed by atoms with Gasteiger partial charge in [0.05, 0.1) is 0 Å². The van der Waals surface area contributed by atoms with Crippen LogP contribution in [-0.2, 0) is 30.8 Å². The molecule has 0 aliphatic carbocycles. The van der Waals surface area contributed by atoms with Crippen LogP contribution in [-0.4, -0.2) is 4.70 Å². The van der Waals surface area contributed by atoms with Gasteiger partial charge >= 0.3 is 169 Å². The summed E-state index contributed by atoms with van der Waals surface area (Å²) in [6.07, 6.45) is 87.2. The van der Waals surface area contributed by atoms with Crippen LogP contribution in [0.3, 0.4) is 0 Å². The van der Waals surface area contributed by atoms with Crippen LogP contribution in [0.5, 0.6) is 0 Å². The fourth-order valence-corrected chi connectivity index (χ4v) is 14.5. The van der Waals surface area contributed by atoms with Crippen molar-refractivity contribution in [3.8, 4) is 0 Å². The quantitative estimate of drug-likeness (QED) is 0.0273. The van der Waals surface area contributed by atoms with Gasteiger partial charge < -0.3 is 5.53 Å². The fourth-order valence-electron chi connectivity index (χ4n) is 12.6. The maximum absolute atomic E-state index is 11.6. The Hall–Kier alpha value is -2.08. The van der Waals surface area contributed by atoms with Crippen molar-refractivity contribution in [2.45, 2.75) is 410 Å². The topological polar surface area (TPSA) is 25.3 Å². The molecule has 0 fully saturated rings. The average molecular weight is 1260 g/mol.